The topological polar surface area (TPSA) is 244 Å². The second-order valence-corrected chi connectivity index (χ2v) is 18.9. The van der Waals surface area contributed by atoms with Crippen molar-refractivity contribution in [2.75, 3.05) is 69.6 Å². The van der Waals surface area contributed by atoms with Crippen molar-refractivity contribution < 1.29 is 56.4 Å². The number of hydrogen-bond donors (Lipinski definition) is 5. The van der Waals surface area contributed by atoms with E-state index in [0.717, 1.165) is 71.4 Å². The predicted octanol–water partition coefficient (Wildman–Crippen LogP) is 4.62. The van der Waals surface area contributed by atoms with Gasteiger partial charge in [-0.3, -0.25) is 23.7 Å². The Morgan fingerprint density at radius 3 is 2.11 bits per heavy atom. The third kappa shape index (κ3) is 13.9. The molecule has 0 bridgehead atoms. The standard InChI is InChI=1S/C51H65N7O12S/c1-5-54(6-2)35-21-23-39-42(32-35)69-43-33-36(55(7-3)8-4)22-24-40(43)49(39)37-16-11-12-17-38(37)51(65)57-30-28-56(29-31-57)45(60)19-14-13-18-44(59)53-41(34-71(66,67)68)50(64)52-27-15-9-10-20-48(63)70-58-46(61)25-26-47(58)62/h11-12,16-17,21-26,32-33,41H,5-10,13-15,18-20,27-31,34H2,1-4H3,(H4,52,53,59,64,65,66,67,68)/p+1. The van der Waals surface area contributed by atoms with Crippen LogP contribution in [0.5, 0.6) is 11.8 Å². The van der Waals surface area contributed by atoms with Gasteiger partial charge in [0.2, 0.25) is 34.8 Å². The summed E-state index contributed by atoms with van der Waals surface area (Å²) in [6, 6.07) is 20.8. The van der Waals surface area contributed by atoms with Gasteiger partial charge in [0, 0.05) is 117 Å². The number of aromatic nitrogens is 1. The Labute approximate surface area is 413 Å². The average Bonchev–Trinajstić information content (AvgIpc) is 3.67. The number of unbranched alkanes of at least 4 members (excludes halogenated alkanes) is 3. The van der Waals surface area contributed by atoms with Crippen molar-refractivity contribution >= 4 is 56.4 Å². The van der Waals surface area contributed by atoms with Gasteiger partial charge in [-0.2, -0.15) is 8.42 Å². The van der Waals surface area contributed by atoms with Gasteiger partial charge in [-0.05, 0) is 83.2 Å². The second kappa shape index (κ2) is 24.8. The van der Waals surface area contributed by atoms with Crippen molar-refractivity contribution in [2.24, 2.45) is 0 Å². The van der Waals surface area contributed by atoms with Gasteiger partial charge < -0.3 is 44.8 Å². The van der Waals surface area contributed by atoms with E-state index in [1.807, 2.05) is 24.3 Å². The summed E-state index contributed by atoms with van der Waals surface area (Å²) in [6.07, 6.45) is 1.77. The van der Waals surface area contributed by atoms with E-state index in [9.17, 15) is 47.2 Å². The van der Waals surface area contributed by atoms with Crippen molar-refractivity contribution in [3.05, 3.63) is 83.7 Å². The third-order valence-corrected chi connectivity index (χ3v) is 13.5. The fourth-order valence-corrected chi connectivity index (χ4v) is 9.53. The molecule has 4 amide bonds. The normalized spacial score (nSPS) is 13.3. The summed E-state index contributed by atoms with van der Waals surface area (Å²) in [6.45, 7) is 13.2. The quantitative estimate of drug-likeness (QED) is 0.0260. The molecule has 1 saturated heterocycles. The molecule has 71 heavy (non-hydrogen) atoms. The molecule has 5 N–H and O–H groups in total. The number of nitrogens with one attached hydrogen (secondary N) is 2. The molecule has 19 nitrogen and oxygen atoms in total. The molecule has 3 aliphatic rings. The maximum Gasteiger partial charge on any atom is 0.333 e. The summed E-state index contributed by atoms with van der Waals surface area (Å²) in [4.78, 5) is 76.1. The van der Waals surface area contributed by atoms with Crippen LogP contribution in [0.25, 0.3) is 33.4 Å². The van der Waals surface area contributed by atoms with E-state index in [1.165, 1.54) is 0 Å². The van der Waals surface area contributed by atoms with E-state index in [1.54, 1.807) is 9.80 Å². The highest BCUT2D eigenvalue weighted by atomic mass is 32.2. The van der Waals surface area contributed by atoms with Crippen molar-refractivity contribution in [3.63, 3.8) is 0 Å². The van der Waals surface area contributed by atoms with Gasteiger partial charge in [0.1, 0.15) is 36.2 Å². The first-order valence-electron chi connectivity index (χ1n) is 24.4. The number of benzene rings is 3. The monoisotopic (exact) mass is 1000 g/mol. The van der Waals surface area contributed by atoms with Crippen LogP contribution in [0.3, 0.4) is 0 Å². The number of hydrogen-bond acceptors (Lipinski definition) is 12. The molecular weight excluding hydrogens is 935 g/mol. The van der Waals surface area contributed by atoms with E-state index in [4.69, 9.17) is 9.25 Å². The summed E-state index contributed by atoms with van der Waals surface area (Å²) < 4.78 is 42.4. The van der Waals surface area contributed by atoms with Gasteiger partial charge in [-0.15, -0.1) is 4.73 Å². The van der Waals surface area contributed by atoms with E-state index in [-0.39, 0.29) is 44.0 Å². The molecule has 3 aromatic rings. The molecule has 1 fully saturated rings. The highest BCUT2D eigenvalue weighted by Crippen LogP contribution is 2.42. The van der Waals surface area contributed by atoms with Gasteiger partial charge in [0.15, 0.2) is 0 Å². The Hall–Kier alpha value is -6.93. The highest BCUT2D eigenvalue weighted by molar-refractivity contribution is 7.85. The highest BCUT2D eigenvalue weighted by Gasteiger charge is 2.29. The zero-order chi connectivity index (χ0) is 51.2. The van der Waals surface area contributed by atoms with Crippen molar-refractivity contribution in [3.8, 4) is 34.2 Å². The number of carbonyl (C=O) groups is 5. The number of nitrogens with zero attached hydrogens (tertiary/aromatic N) is 5. The Morgan fingerprint density at radius 2 is 1.44 bits per heavy atom. The van der Waals surface area contributed by atoms with E-state index < -0.39 is 51.5 Å². The Bertz CT molecular complexity index is 2820. The van der Waals surface area contributed by atoms with Crippen LogP contribution >= 0.6 is 0 Å². The minimum Gasteiger partial charge on any atom is -0.492 e. The van der Waals surface area contributed by atoms with E-state index >= 15 is 0 Å². The smallest absolute Gasteiger partial charge is 0.333 e. The zero-order valence-electron chi connectivity index (χ0n) is 40.9. The lowest BCUT2D eigenvalue weighted by Gasteiger charge is -2.35. The maximum atomic E-state index is 14.5. The largest absolute Gasteiger partial charge is 0.492 e. The second-order valence-electron chi connectivity index (χ2n) is 17.4. The molecular formula is C51H66N7O12S+. The predicted molar refractivity (Wildman–Crippen MR) is 268 cm³/mol. The Kier molecular flexibility index (Phi) is 18.6. The molecule has 2 aromatic carbocycles. The molecule has 0 spiro atoms. The van der Waals surface area contributed by atoms with Gasteiger partial charge in [0.25, 0.3) is 16.0 Å². The van der Waals surface area contributed by atoms with Crippen LogP contribution in [0.2, 0.25) is 0 Å². The number of carbonyl (C=O) groups excluding carboxylic acids is 5. The number of anilines is 1. The fourth-order valence-electron chi connectivity index (χ4n) is 8.87. The molecule has 1 aliphatic carbocycles. The van der Waals surface area contributed by atoms with Crippen LogP contribution in [0.1, 0.15) is 89.4 Å². The van der Waals surface area contributed by atoms with Gasteiger partial charge >= 0.3 is 5.97 Å². The van der Waals surface area contributed by atoms with Crippen molar-refractivity contribution in [1.82, 2.24) is 29.7 Å². The van der Waals surface area contributed by atoms with Gasteiger partial charge in [0.05, 0.1) is 6.07 Å². The first-order valence-corrected chi connectivity index (χ1v) is 26.0. The Balaban J connectivity index is 1.01. The van der Waals surface area contributed by atoms with Crippen LogP contribution in [0.15, 0.2) is 77.2 Å². The van der Waals surface area contributed by atoms with Gasteiger partial charge in [-0.1, -0.05) is 24.6 Å². The lowest BCUT2D eigenvalue weighted by atomic mass is 9.90. The first kappa shape index (κ1) is 53.4. The van der Waals surface area contributed by atoms with Gasteiger partial charge in [-0.25, -0.2) is 9.37 Å². The summed E-state index contributed by atoms with van der Waals surface area (Å²) in [5.74, 6) is -3.66. The lowest BCUT2D eigenvalue weighted by molar-refractivity contribution is -0.145. The van der Waals surface area contributed by atoms with Crippen molar-refractivity contribution in [2.45, 2.75) is 85.1 Å². The number of rotatable bonds is 23. The zero-order valence-corrected chi connectivity index (χ0v) is 41.7. The molecule has 2 aliphatic heterocycles. The molecule has 1 unspecified atom stereocenters. The summed E-state index contributed by atoms with van der Waals surface area (Å²) in [7, 11) is -4.65. The van der Waals surface area contributed by atoms with Crippen LogP contribution in [0.4, 0.5) is 5.69 Å². The number of fused-ring (bicyclic) bond motifs is 2. The average molecular weight is 1000 g/mol. The molecule has 0 radical (unpaired) electrons. The summed E-state index contributed by atoms with van der Waals surface area (Å²) in [5, 5.41) is 26.0. The number of piperazine rings is 1. The van der Waals surface area contributed by atoms with Crippen LogP contribution < -0.4 is 30.3 Å². The summed E-state index contributed by atoms with van der Waals surface area (Å²) in [5.41, 5.74) is 4.89. The fraction of sp³-hybridized carbons (Fsp3) is 0.451. The first-order chi connectivity index (χ1) is 34.0. The molecule has 382 valence electrons. The van der Waals surface area contributed by atoms with Crippen LogP contribution in [-0.2, 0) is 29.3 Å². The van der Waals surface area contributed by atoms with Crippen LogP contribution in [-0.4, -0.2) is 138 Å². The molecule has 1 aromatic heterocycles. The molecule has 0 saturated carbocycles. The number of aromatic hydroxyl groups is 2. The lowest BCUT2D eigenvalue weighted by Crippen LogP contribution is -2.50. The third-order valence-electron chi connectivity index (χ3n) is 12.7. The SMILES string of the molecule is CCN(CC)c1ccc2c(-c3ccccc3C(=O)N3CCN(C(=O)CCCCC(=O)NC(CS(=O)(=O)O)C(=O)NCCCCCC(=O)On4c(O)ccc4O)CC3)c3ccc(=[N+](CC)CC)cc-3oc2c1. The molecule has 6 rings (SSSR count). The molecule has 3 heterocycles. The minimum absolute atomic E-state index is 0.0495. The molecule has 20 heteroatoms. The maximum absolute atomic E-state index is 14.5. The number of amides is 4. The van der Waals surface area contributed by atoms with Crippen molar-refractivity contribution in [1.29, 1.82) is 0 Å². The molecule has 1 atom stereocenters. The summed E-state index contributed by atoms with van der Waals surface area (Å²) >= 11 is 0. The van der Waals surface area contributed by atoms with E-state index in [2.05, 4.69) is 84.2 Å². The van der Waals surface area contributed by atoms with E-state index in [0.29, 0.717) is 73.5 Å². The van der Waals surface area contributed by atoms with Crippen LogP contribution in [0, 0.1) is 0 Å². The Morgan fingerprint density at radius 1 is 0.775 bits per heavy atom. The minimum atomic E-state index is -4.65.